The van der Waals surface area contributed by atoms with Gasteiger partial charge in [-0.2, -0.15) is 0 Å². The molecule has 0 saturated heterocycles. The maximum Gasteiger partial charge on any atom is 0.106 e. The van der Waals surface area contributed by atoms with Crippen LogP contribution in [0.5, 0.6) is 0 Å². The number of aromatic nitrogens is 2. The fourth-order valence-electron chi connectivity index (χ4n) is 2.39. The Morgan fingerprint density at radius 2 is 2.41 bits per heavy atom. The predicted octanol–water partition coefficient (Wildman–Crippen LogP) is 2.96. The Hall–Kier alpha value is -0.650. The molecule has 0 bridgehead atoms. The summed E-state index contributed by atoms with van der Waals surface area (Å²) in [5, 5.41) is 2.10. The number of nitrogens with zero attached hydrogens (tertiary/aromatic N) is 2. The summed E-state index contributed by atoms with van der Waals surface area (Å²) < 4.78 is 3.40. The number of fused-ring (bicyclic) bond motifs is 1. The highest BCUT2D eigenvalue weighted by Gasteiger charge is 2.23. The van der Waals surface area contributed by atoms with Crippen LogP contribution < -0.4 is 5.73 Å². The van der Waals surface area contributed by atoms with Crippen LogP contribution >= 0.6 is 27.3 Å². The molecule has 1 atom stereocenters. The average molecular weight is 312 g/mol. The number of imidazole rings is 1. The van der Waals surface area contributed by atoms with Gasteiger partial charge in [0.25, 0.3) is 0 Å². The van der Waals surface area contributed by atoms with Gasteiger partial charge in [0, 0.05) is 28.1 Å². The quantitative estimate of drug-likeness (QED) is 0.880. The molecule has 0 radical (unpaired) electrons. The maximum atomic E-state index is 6.02. The van der Waals surface area contributed by atoms with Crippen molar-refractivity contribution in [2.45, 2.75) is 32.4 Å². The Morgan fingerprint density at radius 3 is 3.12 bits per heavy atom. The summed E-state index contributed by atoms with van der Waals surface area (Å²) in [6.45, 7) is 2.97. The van der Waals surface area contributed by atoms with Crippen LogP contribution in [-0.2, 0) is 13.0 Å². The van der Waals surface area contributed by atoms with Crippen LogP contribution in [0.25, 0.3) is 10.6 Å². The highest BCUT2D eigenvalue weighted by atomic mass is 79.9. The van der Waals surface area contributed by atoms with E-state index >= 15 is 0 Å². The molecule has 2 aromatic heterocycles. The highest BCUT2D eigenvalue weighted by molar-refractivity contribution is 9.10. The Labute approximate surface area is 113 Å². The van der Waals surface area contributed by atoms with Gasteiger partial charge in [-0.15, -0.1) is 11.3 Å². The lowest BCUT2D eigenvalue weighted by Crippen LogP contribution is -2.32. The van der Waals surface area contributed by atoms with Crippen LogP contribution in [0.15, 0.2) is 15.9 Å². The molecule has 0 fully saturated rings. The number of halogens is 1. The Kier molecular flexibility index (Phi) is 2.84. The van der Waals surface area contributed by atoms with Crippen LogP contribution in [0.4, 0.5) is 0 Å². The minimum absolute atomic E-state index is 0.276. The number of nitrogens with two attached hydrogens (primary N) is 1. The molecule has 0 amide bonds. The van der Waals surface area contributed by atoms with E-state index in [-0.39, 0.29) is 6.04 Å². The molecule has 2 N–H and O–H groups in total. The van der Waals surface area contributed by atoms with Crippen LogP contribution in [0.3, 0.4) is 0 Å². The van der Waals surface area contributed by atoms with Gasteiger partial charge < -0.3 is 10.3 Å². The zero-order chi connectivity index (χ0) is 12.0. The van der Waals surface area contributed by atoms with Crippen molar-refractivity contribution in [1.82, 2.24) is 9.55 Å². The van der Waals surface area contributed by atoms with Gasteiger partial charge in [0.15, 0.2) is 0 Å². The van der Waals surface area contributed by atoms with Crippen molar-refractivity contribution in [3.63, 3.8) is 0 Å². The lowest BCUT2D eigenvalue weighted by molar-refractivity contribution is 0.454. The standard InChI is InChI=1S/C12H14BrN3S/c1-7-15-12(11-4-8(13)6-17-11)10-3-2-9(14)5-16(7)10/h4,6,9H,2-3,5,14H2,1H3. The zero-order valence-electron chi connectivity index (χ0n) is 9.61. The zero-order valence-corrected chi connectivity index (χ0v) is 12.0. The number of hydrogen-bond acceptors (Lipinski definition) is 3. The fourth-order valence-corrected chi connectivity index (χ4v) is 3.83. The van der Waals surface area contributed by atoms with Gasteiger partial charge in [0.05, 0.1) is 4.88 Å². The van der Waals surface area contributed by atoms with Gasteiger partial charge in [0.2, 0.25) is 0 Å². The fraction of sp³-hybridized carbons (Fsp3) is 0.417. The van der Waals surface area contributed by atoms with Crippen LogP contribution in [-0.4, -0.2) is 15.6 Å². The molecule has 1 unspecified atom stereocenters. The molecule has 1 aliphatic rings. The Bertz CT molecular complexity index is 558. The first-order valence-electron chi connectivity index (χ1n) is 5.71. The second kappa shape index (κ2) is 4.23. The summed E-state index contributed by atoms with van der Waals surface area (Å²) in [4.78, 5) is 5.95. The number of aryl methyl sites for hydroxylation is 1. The average Bonchev–Trinajstić information content (AvgIpc) is 2.84. The largest absolute Gasteiger partial charge is 0.330 e. The molecule has 0 aliphatic carbocycles. The molecule has 2 aromatic rings. The number of thiophene rings is 1. The summed E-state index contributed by atoms with van der Waals surface area (Å²) >= 11 is 5.23. The van der Waals surface area contributed by atoms with Gasteiger partial charge in [-0.25, -0.2) is 4.98 Å². The van der Waals surface area contributed by atoms with E-state index in [9.17, 15) is 0 Å². The number of rotatable bonds is 1. The molecule has 1 aliphatic heterocycles. The maximum absolute atomic E-state index is 6.02. The Balaban J connectivity index is 2.10. The van der Waals surface area contributed by atoms with Crippen LogP contribution in [0.1, 0.15) is 17.9 Å². The summed E-state index contributed by atoms with van der Waals surface area (Å²) in [5.74, 6) is 1.08. The summed E-state index contributed by atoms with van der Waals surface area (Å²) in [7, 11) is 0. The summed E-state index contributed by atoms with van der Waals surface area (Å²) in [5.41, 5.74) is 8.51. The van der Waals surface area contributed by atoms with Crippen molar-refractivity contribution in [2.24, 2.45) is 5.73 Å². The van der Waals surface area contributed by atoms with Crippen LogP contribution in [0, 0.1) is 6.92 Å². The molecular formula is C12H14BrN3S. The molecule has 3 rings (SSSR count). The second-order valence-corrected chi connectivity index (χ2v) is 6.32. The minimum atomic E-state index is 0.276. The lowest BCUT2D eigenvalue weighted by Gasteiger charge is -2.22. The first-order chi connectivity index (χ1) is 8.15. The van der Waals surface area contributed by atoms with Crippen molar-refractivity contribution in [3.05, 3.63) is 27.4 Å². The molecule has 0 aromatic carbocycles. The van der Waals surface area contributed by atoms with Crippen molar-refractivity contribution in [3.8, 4) is 10.6 Å². The van der Waals surface area contributed by atoms with E-state index in [0.717, 1.165) is 35.4 Å². The normalized spacial score (nSPS) is 19.4. The molecule has 90 valence electrons. The van der Waals surface area contributed by atoms with E-state index in [1.165, 1.54) is 10.6 Å². The molecule has 5 heteroatoms. The van der Waals surface area contributed by atoms with Gasteiger partial charge in [-0.05, 0) is 41.8 Å². The minimum Gasteiger partial charge on any atom is -0.330 e. The molecule has 0 spiro atoms. The van der Waals surface area contributed by atoms with E-state index in [0.29, 0.717) is 0 Å². The third-order valence-electron chi connectivity index (χ3n) is 3.23. The monoisotopic (exact) mass is 311 g/mol. The molecule has 17 heavy (non-hydrogen) atoms. The topological polar surface area (TPSA) is 43.8 Å². The van der Waals surface area contributed by atoms with E-state index in [1.807, 2.05) is 0 Å². The third-order valence-corrected chi connectivity index (χ3v) is 4.93. The van der Waals surface area contributed by atoms with Gasteiger partial charge >= 0.3 is 0 Å². The smallest absolute Gasteiger partial charge is 0.106 e. The first-order valence-corrected chi connectivity index (χ1v) is 7.38. The van der Waals surface area contributed by atoms with Crippen LogP contribution in [0.2, 0.25) is 0 Å². The SMILES string of the molecule is Cc1nc(-c2cc(Br)cs2)c2n1CC(N)CC2. The van der Waals surface area contributed by atoms with Crippen molar-refractivity contribution in [2.75, 3.05) is 0 Å². The third kappa shape index (κ3) is 1.96. The second-order valence-electron chi connectivity index (χ2n) is 4.49. The van der Waals surface area contributed by atoms with E-state index in [1.54, 1.807) is 11.3 Å². The van der Waals surface area contributed by atoms with E-state index in [2.05, 4.69) is 38.9 Å². The summed E-state index contributed by atoms with van der Waals surface area (Å²) in [6, 6.07) is 2.42. The van der Waals surface area contributed by atoms with E-state index in [4.69, 9.17) is 10.7 Å². The lowest BCUT2D eigenvalue weighted by atomic mass is 10.0. The van der Waals surface area contributed by atoms with Crippen molar-refractivity contribution in [1.29, 1.82) is 0 Å². The molecule has 0 saturated carbocycles. The van der Waals surface area contributed by atoms with Gasteiger partial charge in [-0.1, -0.05) is 0 Å². The molecular weight excluding hydrogens is 298 g/mol. The van der Waals surface area contributed by atoms with Crippen molar-refractivity contribution < 1.29 is 0 Å². The molecule has 3 heterocycles. The van der Waals surface area contributed by atoms with E-state index < -0.39 is 0 Å². The Morgan fingerprint density at radius 1 is 1.59 bits per heavy atom. The highest BCUT2D eigenvalue weighted by Crippen LogP contribution is 2.34. The number of hydrogen-bond donors (Lipinski definition) is 1. The van der Waals surface area contributed by atoms with Gasteiger partial charge in [-0.3, -0.25) is 0 Å². The summed E-state index contributed by atoms with van der Waals surface area (Å²) in [6.07, 6.45) is 2.09. The first kappa shape index (κ1) is 11.4. The van der Waals surface area contributed by atoms with Crippen molar-refractivity contribution >= 4 is 27.3 Å². The van der Waals surface area contributed by atoms with Gasteiger partial charge in [0.1, 0.15) is 11.5 Å². The predicted molar refractivity (Wildman–Crippen MR) is 74.3 cm³/mol. The molecule has 3 nitrogen and oxygen atoms in total.